The maximum atomic E-state index is 12.6. The van der Waals surface area contributed by atoms with Gasteiger partial charge in [-0.05, 0) is 30.0 Å². The number of esters is 1. The Morgan fingerprint density at radius 2 is 1.65 bits per heavy atom. The molecule has 2 rings (SSSR count). The van der Waals surface area contributed by atoms with Gasteiger partial charge in [-0.2, -0.15) is 0 Å². The fraction of sp³-hybridized carbons (Fsp3) is 0.346. The number of Topliss-reactive ketones (excluding diaryl/α,β-unsaturated/α-hetero) is 1. The van der Waals surface area contributed by atoms with Crippen molar-refractivity contribution in [3.8, 4) is 0 Å². The number of ketones is 1. The number of ether oxygens (including phenoxy) is 2. The van der Waals surface area contributed by atoms with Crippen molar-refractivity contribution in [1.29, 1.82) is 0 Å². The van der Waals surface area contributed by atoms with Crippen LogP contribution in [0.3, 0.4) is 0 Å². The minimum absolute atomic E-state index is 0.0405. The van der Waals surface area contributed by atoms with Gasteiger partial charge in [-0.3, -0.25) is 14.4 Å². The van der Waals surface area contributed by atoms with Crippen LogP contribution in [0, 0.1) is 5.92 Å². The number of benzene rings is 2. The van der Waals surface area contributed by atoms with E-state index in [0.29, 0.717) is 6.42 Å². The second-order valence-corrected chi connectivity index (χ2v) is 8.97. The molecule has 1 atom stereocenters. The largest absolute Gasteiger partial charge is 0.454 e. The molecule has 1 unspecified atom stereocenters. The third-order valence-electron chi connectivity index (χ3n) is 4.88. The summed E-state index contributed by atoms with van der Waals surface area (Å²) in [5.74, 6) is -2.43. The number of alkyl carbamates (subject to hydrolysis) is 1. The van der Waals surface area contributed by atoms with Crippen LogP contribution in [0.5, 0.6) is 0 Å². The molecule has 0 spiro atoms. The summed E-state index contributed by atoms with van der Waals surface area (Å²) in [6.45, 7) is 4.01. The number of amides is 3. The Bertz CT molecular complexity index is 1120. The summed E-state index contributed by atoms with van der Waals surface area (Å²) in [4.78, 5) is 60.9. The number of carbonyl (C=O) groups is 5. The number of nitrogens with one attached hydrogen (secondary N) is 3. The Morgan fingerprint density at radius 1 is 0.946 bits per heavy atom. The molecule has 10 nitrogen and oxygen atoms in total. The maximum Gasteiger partial charge on any atom is 0.408 e. The van der Waals surface area contributed by atoms with Gasteiger partial charge in [0.15, 0.2) is 12.4 Å². The minimum Gasteiger partial charge on any atom is -0.454 e. The molecule has 2 aromatic rings. The number of anilines is 1. The standard InChI is InChI=1S/C26H30ClN3O7/c1-16(2)12-22(30-26(35)37-14-18-8-5-4-6-9-18)24(33)28-13-19(32)15-36-25(34)23-20(27)10-7-11-21(23)29-17(3)31/h4-11,16,22H,12-15H2,1-3H3,(H,28,33)(H,29,31)(H,30,35). The van der Waals surface area contributed by atoms with E-state index in [-0.39, 0.29) is 28.8 Å². The molecule has 198 valence electrons. The number of hydrogen-bond donors (Lipinski definition) is 3. The summed E-state index contributed by atoms with van der Waals surface area (Å²) in [6, 6.07) is 12.6. The number of halogens is 1. The van der Waals surface area contributed by atoms with E-state index >= 15 is 0 Å². The van der Waals surface area contributed by atoms with Crippen LogP contribution in [0.1, 0.15) is 43.1 Å². The van der Waals surface area contributed by atoms with Gasteiger partial charge in [0.05, 0.1) is 17.3 Å². The zero-order valence-corrected chi connectivity index (χ0v) is 21.6. The highest BCUT2D eigenvalue weighted by Crippen LogP contribution is 2.25. The fourth-order valence-corrected chi connectivity index (χ4v) is 3.47. The first-order valence-corrected chi connectivity index (χ1v) is 11.9. The zero-order chi connectivity index (χ0) is 27.4. The molecule has 0 heterocycles. The normalized spacial score (nSPS) is 11.3. The van der Waals surface area contributed by atoms with E-state index in [2.05, 4.69) is 16.0 Å². The first-order valence-electron chi connectivity index (χ1n) is 11.6. The molecule has 3 N–H and O–H groups in total. The highest BCUT2D eigenvalue weighted by molar-refractivity contribution is 6.34. The van der Waals surface area contributed by atoms with Gasteiger partial charge in [-0.15, -0.1) is 0 Å². The Hall–Kier alpha value is -3.92. The lowest BCUT2D eigenvalue weighted by Gasteiger charge is -2.20. The first-order chi connectivity index (χ1) is 17.6. The second kappa shape index (κ2) is 14.6. The third kappa shape index (κ3) is 10.3. The summed E-state index contributed by atoms with van der Waals surface area (Å²) >= 11 is 6.06. The quantitative estimate of drug-likeness (QED) is 0.356. The molecule has 0 saturated heterocycles. The first kappa shape index (κ1) is 29.3. The van der Waals surface area contributed by atoms with Crippen LogP contribution < -0.4 is 16.0 Å². The predicted octanol–water partition coefficient (Wildman–Crippen LogP) is 3.48. The summed E-state index contributed by atoms with van der Waals surface area (Å²) in [7, 11) is 0. The molecular weight excluding hydrogens is 502 g/mol. The predicted molar refractivity (Wildman–Crippen MR) is 137 cm³/mol. The van der Waals surface area contributed by atoms with Gasteiger partial charge in [0, 0.05) is 6.92 Å². The van der Waals surface area contributed by atoms with Gasteiger partial charge in [-0.25, -0.2) is 9.59 Å². The average Bonchev–Trinajstić information content (AvgIpc) is 2.84. The van der Waals surface area contributed by atoms with Crippen molar-refractivity contribution >= 4 is 46.9 Å². The van der Waals surface area contributed by atoms with Crippen LogP contribution in [-0.4, -0.2) is 48.9 Å². The molecule has 0 aromatic heterocycles. The Kier molecular flexibility index (Phi) is 11.6. The number of hydrogen-bond acceptors (Lipinski definition) is 7. The highest BCUT2D eigenvalue weighted by atomic mass is 35.5. The molecule has 11 heteroatoms. The Labute approximate surface area is 220 Å². The van der Waals surface area contributed by atoms with Gasteiger partial charge < -0.3 is 25.4 Å². The van der Waals surface area contributed by atoms with Crippen LogP contribution in [0.4, 0.5) is 10.5 Å². The van der Waals surface area contributed by atoms with Crippen molar-refractivity contribution in [2.45, 2.75) is 39.8 Å². The van der Waals surface area contributed by atoms with E-state index in [0.717, 1.165) is 5.56 Å². The topological polar surface area (TPSA) is 140 Å². The second-order valence-electron chi connectivity index (χ2n) is 8.56. The van der Waals surface area contributed by atoms with Gasteiger partial charge in [0.1, 0.15) is 18.2 Å². The van der Waals surface area contributed by atoms with Gasteiger partial charge in [-0.1, -0.05) is 61.8 Å². The van der Waals surface area contributed by atoms with E-state index in [1.54, 1.807) is 18.2 Å². The fourth-order valence-electron chi connectivity index (χ4n) is 3.21. The van der Waals surface area contributed by atoms with E-state index in [9.17, 15) is 24.0 Å². The van der Waals surface area contributed by atoms with Crippen molar-refractivity contribution in [3.05, 3.63) is 64.7 Å². The minimum atomic E-state index is -0.929. The van der Waals surface area contributed by atoms with Crippen molar-refractivity contribution in [1.82, 2.24) is 10.6 Å². The molecule has 0 aliphatic carbocycles. The zero-order valence-electron chi connectivity index (χ0n) is 20.8. The lowest BCUT2D eigenvalue weighted by Crippen LogP contribution is -2.48. The van der Waals surface area contributed by atoms with Crippen molar-refractivity contribution in [3.63, 3.8) is 0 Å². The van der Waals surface area contributed by atoms with Gasteiger partial charge in [0.2, 0.25) is 11.8 Å². The number of rotatable bonds is 12. The molecule has 37 heavy (non-hydrogen) atoms. The monoisotopic (exact) mass is 531 g/mol. The van der Waals surface area contributed by atoms with Crippen LogP contribution in [0.2, 0.25) is 5.02 Å². The highest BCUT2D eigenvalue weighted by Gasteiger charge is 2.24. The van der Waals surface area contributed by atoms with Crippen LogP contribution in [-0.2, 0) is 30.5 Å². The molecule has 0 saturated carbocycles. The Balaban J connectivity index is 1.87. The van der Waals surface area contributed by atoms with E-state index in [1.807, 2.05) is 32.0 Å². The number of carbonyl (C=O) groups excluding carboxylic acids is 5. The van der Waals surface area contributed by atoms with Crippen LogP contribution >= 0.6 is 11.6 Å². The van der Waals surface area contributed by atoms with E-state index in [4.69, 9.17) is 21.1 Å². The van der Waals surface area contributed by atoms with E-state index in [1.165, 1.54) is 19.1 Å². The smallest absolute Gasteiger partial charge is 0.408 e. The van der Waals surface area contributed by atoms with Gasteiger partial charge in [0.25, 0.3) is 0 Å². The summed E-state index contributed by atoms with van der Waals surface area (Å²) in [5.41, 5.74) is 0.850. The Morgan fingerprint density at radius 3 is 2.30 bits per heavy atom. The van der Waals surface area contributed by atoms with Crippen molar-refractivity contribution in [2.24, 2.45) is 5.92 Å². The summed E-state index contributed by atoms with van der Waals surface area (Å²) < 4.78 is 10.2. The third-order valence-corrected chi connectivity index (χ3v) is 5.20. The molecule has 0 bridgehead atoms. The van der Waals surface area contributed by atoms with Crippen molar-refractivity contribution in [2.75, 3.05) is 18.5 Å². The molecule has 0 fully saturated rings. The summed E-state index contributed by atoms with van der Waals surface area (Å²) in [5, 5.41) is 7.48. The van der Waals surface area contributed by atoms with Gasteiger partial charge >= 0.3 is 12.1 Å². The van der Waals surface area contributed by atoms with Crippen LogP contribution in [0.25, 0.3) is 0 Å². The summed E-state index contributed by atoms with van der Waals surface area (Å²) in [6.07, 6.45) is -0.451. The molecule has 3 amide bonds. The van der Waals surface area contributed by atoms with Crippen LogP contribution in [0.15, 0.2) is 48.5 Å². The van der Waals surface area contributed by atoms with E-state index < -0.39 is 48.9 Å². The lowest BCUT2D eigenvalue weighted by molar-refractivity contribution is -0.127. The molecule has 0 radical (unpaired) electrons. The molecular formula is C26H30ClN3O7. The molecule has 2 aromatic carbocycles. The maximum absolute atomic E-state index is 12.6. The molecule has 0 aliphatic rings. The van der Waals surface area contributed by atoms with Crippen molar-refractivity contribution < 1.29 is 33.4 Å². The lowest BCUT2D eigenvalue weighted by atomic mass is 10.0. The SMILES string of the molecule is CC(=O)Nc1cccc(Cl)c1C(=O)OCC(=O)CNC(=O)C(CC(C)C)NC(=O)OCc1ccccc1. The average molecular weight is 532 g/mol. The molecule has 0 aliphatic heterocycles.